The predicted molar refractivity (Wildman–Crippen MR) is 59.2 cm³/mol. The van der Waals surface area contributed by atoms with Gasteiger partial charge in [0.25, 0.3) is 0 Å². The Hall–Kier alpha value is -1.02. The van der Waals surface area contributed by atoms with E-state index in [1.807, 2.05) is 18.2 Å². The van der Waals surface area contributed by atoms with Gasteiger partial charge in [-0.05, 0) is 46.2 Å². The van der Waals surface area contributed by atoms with Crippen LogP contribution in [0.15, 0.2) is 57.9 Å². The molecule has 1 nitrogen and oxygen atoms in total. The van der Waals surface area contributed by atoms with Gasteiger partial charge >= 0.3 is 0 Å². The van der Waals surface area contributed by atoms with Crippen LogP contribution >= 0.6 is 15.9 Å². The van der Waals surface area contributed by atoms with E-state index in [1.54, 1.807) is 0 Å². The first kappa shape index (κ1) is 8.57. The highest BCUT2D eigenvalue weighted by Crippen LogP contribution is 2.24. The molecule has 0 aromatic carbocycles. The summed E-state index contributed by atoms with van der Waals surface area (Å²) in [6.07, 6.45) is 12.4. The van der Waals surface area contributed by atoms with E-state index in [0.29, 0.717) is 0 Å². The van der Waals surface area contributed by atoms with Crippen molar-refractivity contribution in [1.29, 1.82) is 0 Å². The fourth-order valence-corrected chi connectivity index (χ4v) is 1.64. The number of hydrogen-bond acceptors (Lipinski definition) is 1. The van der Waals surface area contributed by atoms with Crippen molar-refractivity contribution in [2.24, 2.45) is 0 Å². The number of rotatable bonds is 0. The minimum Gasteiger partial charge on any atom is -0.349 e. The van der Waals surface area contributed by atoms with E-state index in [2.05, 4.69) is 46.4 Å². The molecular weight excluding hydrogens is 226 g/mol. The molecule has 66 valence electrons. The molecular formula is C11H10BrN. The van der Waals surface area contributed by atoms with E-state index in [-0.39, 0.29) is 0 Å². The van der Waals surface area contributed by atoms with E-state index in [4.69, 9.17) is 0 Å². The Kier molecular flexibility index (Phi) is 2.23. The Bertz CT molecular complexity index is 381. The zero-order valence-corrected chi connectivity index (χ0v) is 8.93. The predicted octanol–water partition coefficient (Wildman–Crippen LogP) is 3.15. The van der Waals surface area contributed by atoms with Crippen molar-refractivity contribution in [2.45, 2.75) is 6.92 Å². The van der Waals surface area contributed by atoms with Crippen LogP contribution in [-0.2, 0) is 0 Å². The van der Waals surface area contributed by atoms with Gasteiger partial charge in [-0.3, -0.25) is 0 Å². The summed E-state index contributed by atoms with van der Waals surface area (Å²) in [4.78, 5) is 0. The molecule has 0 unspecified atom stereocenters. The molecule has 2 heteroatoms. The van der Waals surface area contributed by atoms with Crippen molar-refractivity contribution in [3.63, 3.8) is 0 Å². The first-order chi connectivity index (χ1) is 6.27. The molecule has 0 atom stereocenters. The number of nitrogens with one attached hydrogen (secondary N) is 1. The summed E-state index contributed by atoms with van der Waals surface area (Å²) in [6.45, 7) is 2.08. The standard InChI is InChI=1S/C11H10BrN/c1-8-7-9-5-3-2-4-6-10(9)13-11(8)12/h2-7,13H,1H3. The van der Waals surface area contributed by atoms with Crippen molar-refractivity contribution in [2.75, 3.05) is 0 Å². The normalized spacial score (nSPS) is 20.2. The largest absolute Gasteiger partial charge is 0.349 e. The maximum absolute atomic E-state index is 3.48. The van der Waals surface area contributed by atoms with Gasteiger partial charge in [-0.1, -0.05) is 24.3 Å². The molecule has 0 aromatic heterocycles. The molecule has 0 radical (unpaired) electrons. The molecule has 0 aromatic rings. The highest BCUT2D eigenvalue weighted by atomic mass is 79.9. The zero-order valence-electron chi connectivity index (χ0n) is 7.34. The average molecular weight is 236 g/mol. The minimum atomic E-state index is 1.05. The van der Waals surface area contributed by atoms with E-state index in [9.17, 15) is 0 Å². The van der Waals surface area contributed by atoms with Crippen LogP contribution in [-0.4, -0.2) is 0 Å². The number of allylic oxidation sites excluding steroid dienone is 7. The second kappa shape index (κ2) is 3.38. The van der Waals surface area contributed by atoms with Gasteiger partial charge in [-0.2, -0.15) is 0 Å². The molecule has 0 amide bonds. The Labute approximate surface area is 86.3 Å². The topological polar surface area (TPSA) is 12.0 Å². The molecule has 0 saturated heterocycles. The molecule has 13 heavy (non-hydrogen) atoms. The van der Waals surface area contributed by atoms with Crippen molar-refractivity contribution < 1.29 is 0 Å². The zero-order chi connectivity index (χ0) is 9.26. The molecule has 1 heterocycles. The highest BCUT2D eigenvalue weighted by molar-refractivity contribution is 9.11. The molecule has 2 aliphatic rings. The van der Waals surface area contributed by atoms with Gasteiger partial charge in [-0.15, -0.1) is 0 Å². The maximum Gasteiger partial charge on any atom is 0.0854 e. The van der Waals surface area contributed by atoms with Crippen LogP contribution in [0.2, 0.25) is 0 Å². The third-order valence-corrected chi connectivity index (χ3v) is 2.86. The summed E-state index contributed by atoms with van der Waals surface area (Å²) in [7, 11) is 0. The van der Waals surface area contributed by atoms with Gasteiger partial charge < -0.3 is 5.32 Å². The summed E-state index contributed by atoms with van der Waals surface area (Å²) in [5, 5.41) is 3.29. The third kappa shape index (κ3) is 1.68. The van der Waals surface area contributed by atoms with Gasteiger partial charge in [0.15, 0.2) is 0 Å². The molecule has 0 fully saturated rings. The summed E-state index contributed by atoms with van der Waals surface area (Å²) >= 11 is 3.48. The lowest BCUT2D eigenvalue weighted by Crippen LogP contribution is -2.15. The lowest BCUT2D eigenvalue weighted by Gasteiger charge is -2.17. The fraction of sp³-hybridized carbons (Fsp3) is 0.0909. The van der Waals surface area contributed by atoms with E-state index in [0.717, 1.165) is 10.3 Å². The number of hydrogen-bond donors (Lipinski definition) is 1. The maximum atomic E-state index is 3.48. The van der Waals surface area contributed by atoms with E-state index < -0.39 is 0 Å². The lowest BCUT2D eigenvalue weighted by atomic mass is 10.1. The van der Waals surface area contributed by atoms with Crippen LogP contribution in [0.4, 0.5) is 0 Å². The minimum absolute atomic E-state index is 1.05. The van der Waals surface area contributed by atoms with E-state index >= 15 is 0 Å². The summed E-state index contributed by atoms with van der Waals surface area (Å²) in [5.74, 6) is 0. The summed E-state index contributed by atoms with van der Waals surface area (Å²) in [5.41, 5.74) is 3.59. The fourth-order valence-electron chi connectivity index (χ4n) is 1.31. The monoisotopic (exact) mass is 235 g/mol. The quantitative estimate of drug-likeness (QED) is 0.637. The summed E-state index contributed by atoms with van der Waals surface area (Å²) in [6, 6.07) is 0. The molecule has 0 spiro atoms. The van der Waals surface area contributed by atoms with Crippen LogP contribution in [0, 0.1) is 0 Å². The Balaban J connectivity index is 2.47. The Morgan fingerprint density at radius 1 is 1.23 bits per heavy atom. The van der Waals surface area contributed by atoms with E-state index in [1.165, 1.54) is 11.1 Å². The molecule has 1 aliphatic carbocycles. The van der Waals surface area contributed by atoms with Crippen molar-refractivity contribution in [1.82, 2.24) is 5.32 Å². The van der Waals surface area contributed by atoms with Gasteiger partial charge in [-0.25, -0.2) is 0 Å². The third-order valence-electron chi connectivity index (χ3n) is 2.03. The number of fused-ring (bicyclic) bond motifs is 1. The molecule has 0 saturated carbocycles. The van der Waals surface area contributed by atoms with Crippen LogP contribution in [0.1, 0.15) is 6.92 Å². The van der Waals surface area contributed by atoms with Crippen molar-refractivity contribution in [3.8, 4) is 0 Å². The first-order valence-electron chi connectivity index (χ1n) is 4.18. The van der Waals surface area contributed by atoms with Gasteiger partial charge in [0, 0.05) is 5.70 Å². The Morgan fingerprint density at radius 3 is 2.92 bits per heavy atom. The SMILES string of the molecule is CC1=C(Br)NC2=CC=CC=CC2=C1. The van der Waals surface area contributed by atoms with Gasteiger partial charge in [0.1, 0.15) is 0 Å². The summed E-state index contributed by atoms with van der Waals surface area (Å²) < 4.78 is 1.05. The molecule has 2 rings (SSSR count). The smallest absolute Gasteiger partial charge is 0.0854 e. The number of dihydropyridines is 1. The van der Waals surface area contributed by atoms with Gasteiger partial charge in [0.05, 0.1) is 4.61 Å². The molecule has 0 bridgehead atoms. The molecule has 1 N–H and O–H groups in total. The highest BCUT2D eigenvalue weighted by Gasteiger charge is 2.10. The van der Waals surface area contributed by atoms with Crippen molar-refractivity contribution in [3.05, 3.63) is 57.9 Å². The first-order valence-corrected chi connectivity index (χ1v) is 4.97. The van der Waals surface area contributed by atoms with Crippen LogP contribution < -0.4 is 5.32 Å². The van der Waals surface area contributed by atoms with Crippen LogP contribution in [0.3, 0.4) is 0 Å². The van der Waals surface area contributed by atoms with Crippen LogP contribution in [0.5, 0.6) is 0 Å². The van der Waals surface area contributed by atoms with Crippen molar-refractivity contribution >= 4 is 15.9 Å². The number of halogens is 1. The van der Waals surface area contributed by atoms with Crippen LogP contribution in [0.25, 0.3) is 0 Å². The second-order valence-corrected chi connectivity index (χ2v) is 3.84. The average Bonchev–Trinajstić information content (AvgIpc) is 2.31. The second-order valence-electron chi connectivity index (χ2n) is 3.05. The molecule has 1 aliphatic heterocycles. The van der Waals surface area contributed by atoms with Gasteiger partial charge in [0.2, 0.25) is 0 Å². The lowest BCUT2D eigenvalue weighted by molar-refractivity contribution is 1.03. The Morgan fingerprint density at radius 2 is 2.08 bits per heavy atom.